The zero-order valence-electron chi connectivity index (χ0n) is 8.74. The summed E-state index contributed by atoms with van der Waals surface area (Å²) in [5, 5.41) is 2.82. The molecule has 0 bridgehead atoms. The van der Waals surface area contributed by atoms with E-state index in [1.165, 1.54) is 6.33 Å². The number of carbonyl (C=O) groups is 1. The molecule has 1 amide bonds. The molecule has 4 heteroatoms. The number of nitrogens with zero attached hydrogens (tertiary/aromatic N) is 2. The third-order valence-corrected chi connectivity index (χ3v) is 1.75. The minimum Gasteiger partial charge on any atom is -0.351 e. The number of carbonyl (C=O) groups excluding carboxylic acids is 1. The van der Waals surface area contributed by atoms with Gasteiger partial charge in [-0.1, -0.05) is 20.8 Å². The van der Waals surface area contributed by atoms with Crippen molar-refractivity contribution in [3.8, 4) is 0 Å². The first-order valence-corrected chi connectivity index (χ1v) is 4.52. The van der Waals surface area contributed by atoms with Gasteiger partial charge >= 0.3 is 0 Å². The Morgan fingerprint density at radius 2 is 1.93 bits per heavy atom. The normalized spacial score (nSPS) is 11.1. The molecular weight excluding hydrogens is 178 g/mol. The first-order valence-electron chi connectivity index (χ1n) is 4.52. The van der Waals surface area contributed by atoms with E-state index in [0.29, 0.717) is 6.54 Å². The highest BCUT2D eigenvalue weighted by Crippen LogP contribution is 2.12. The second kappa shape index (κ2) is 4.17. The second-order valence-electron chi connectivity index (χ2n) is 4.18. The highest BCUT2D eigenvalue weighted by molar-refractivity contribution is 5.81. The fourth-order valence-corrected chi connectivity index (χ4v) is 0.869. The van der Waals surface area contributed by atoms with Crippen molar-refractivity contribution in [2.75, 3.05) is 0 Å². The third-order valence-electron chi connectivity index (χ3n) is 1.75. The van der Waals surface area contributed by atoms with E-state index in [1.807, 2.05) is 20.8 Å². The van der Waals surface area contributed by atoms with E-state index in [9.17, 15) is 4.79 Å². The molecular formula is C10H15N3O. The van der Waals surface area contributed by atoms with Gasteiger partial charge in [0.15, 0.2) is 0 Å². The highest BCUT2D eigenvalue weighted by atomic mass is 16.2. The number of aromatic nitrogens is 2. The van der Waals surface area contributed by atoms with Crippen LogP contribution in [-0.2, 0) is 11.3 Å². The minimum atomic E-state index is -0.352. The third kappa shape index (κ3) is 3.12. The molecule has 76 valence electrons. The van der Waals surface area contributed by atoms with Crippen molar-refractivity contribution in [3.05, 3.63) is 24.3 Å². The Morgan fingerprint density at radius 1 is 1.36 bits per heavy atom. The summed E-state index contributed by atoms with van der Waals surface area (Å²) in [4.78, 5) is 19.2. The minimum absolute atomic E-state index is 0.0290. The molecule has 0 aromatic carbocycles. The van der Waals surface area contributed by atoms with E-state index < -0.39 is 0 Å². The van der Waals surface area contributed by atoms with Crippen molar-refractivity contribution >= 4 is 5.91 Å². The molecule has 0 radical (unpaired) electrons. The quantitative estimate of drug-likeness (QED) is 0.766. The molecule has 0 atom stereocenters. The first kappa shape index (κ1) is 10.6. The summed E-state index contributed by atoms with van der Waals surface area (Å²) >= 11 is 0. The van der Waals surface area contributed by atoms with Crippen LogP contribution in [0.15, 0.2) is 18.7 Å². The lowest BCUT2D eigenvalue weighted by atomic mass is 9.96. The van der Waals surface area contributed by atoms with Crippen molar-refractivity contribution in [2.45, 2.75) is 27.3 Å². The van der Waals surface area contributed by atoms with E-state index in [1.54, 1.807) is 12.4 Å². The van der Waals surface area contributed by atoms with Crippen LogP contribution < -0.4 is 5.32 Å². The van der Waals surface area contributed by atoms with E-state index in [-0.39, 0.29) is 11.3 Å². The summed E-state index contributed by atoms with van der Waals surface area (Å²) in [7, 11) is 0. The summed E-state index contributed by atoms with van der Waals surface area (Å²) in [6.45, 7) is 6.12. The van der Waals surface area contributed by atoms with Gasteiger partial charge in [0, 0.05) is 29.9 Å². The van der Waals surface area contributed by atoms with Crippen molar-refractivity contribution in [3.63, 3.8) is 0 Å². The number of nitrogens with one attached hydrogen (secondary N) is 1. The van der Waals surface area contributed by atoms with Gasteiger partial charge in [-0.3, -0.25) is 4.79 Å². The molecule has 1 rings (SSSR count). The molecule has 1 N–H and O–H groups in total. The molecule has 4 nitrogen and oxygen atoms in total. The van der Waals surface area contributed by atoms with Gasteiger partial charge in [-0.15, -0.1) is 0 Å². The Labute approximate surface area is 83.8 Å². The SMILES string of the molecule is CC(C)(C)C(=O)NCc1cncnc1. The van der Waals surface area contributed by atoms with Gasteiger partial charge in [-0.25, -0.2) is 9.97 Å². The summed E-state index contributed by atoms with van der Waals surface area (Å²) in [6.07, 6.45) is 4.85. The first-order chi connectivity index (χ1) is 6.50. The molecule has 14 heavy (non-hydrogen) atoms. The molecule has 0 saturated carbocycles. The van der Waals surface area contributed by atoms with Crippen LogP contribution in [0.3, 0.4) is 0 Å². The summed E-state index contributed by atoms with van der Waals surface area (Å²) < 4.78 is 0. The van der Waals surface area contributed by atoms with E-state index in [2.05, 4.69) is 15.3 Å². The lowest BCUT2D eigenvalue weighted by Gasteiger charge is -2.17. The molecule has 1 aromatic rings. The fourth-order valence-electron chi connectivity index (χ4n) is 0.869. The van der Waals surface area contributed by atoms with Gasteiger partial charge < -0.3 is 5.32 Å². The summed E-state index contributed by atoms with van der Waals surface area (Å²) in [5.74, 6) is 0.0290. The Balaban J connectivity index is 2.46. The molecule has 1 aromatic heterocycles. The molecule has 0 saturated heterocycles. The van der Waals surface area contributed by atoms with Gasteiger partial charge in [-0.2, -0.15) is 0 Å². The van der Waals surface area contributed by atoms with Crippen molar-refractivity contribution in [2.24, 2.45) is 5.41 Å². The number of hydrogen-bond acceptors (Lipinski definition) is 3. The molecule has 0 aliphatic carbocycles. The van der Waals surface area contributed by atoms with E-state index in [4.69, 9.17) is 0 Å². The highest BCUT2D eigenvalue weighted by Gasteiger charge is 2.20. The summed E-state index contributed by atoms with van der Waals surface area (Å²) in [6, 6.07) is 0. The Kier molecular flexibility index (Phi) is 3.17. The Bertz CT molecular complexity index is 303. The van der Waals surface area contributed by atoms with Crippen LogP contribution in [0.1, 0.15) is 26.3 Å². The van der Waals surface area contributed by atoms with Gasteiger partial charge in [0.1, 0.15) is 6.33 Å². The van der Waals surface area contributed by atoms with Crippen LogP contribution in [-0.4, -0.2) is 15.9 Å². The zero-order chi connectivity index (χ0) is 10.6. The van der Waals surface area contributed by atoms with Gasteiger partial charge in [0.05, 0.1) is 0 Å². The molecule has 0 aliphatic heterocycles. The number of amides is 1. The second-order valence-corrected chi connectivity index (χ2v) is 4.18. The van der Waals surface area contributed by atoms with Gasteiger partial charge in [0.25, 0.3) is 0 Å². The van der Waals surface area contributed by atoms with Crippen LogP contribution in [0.2, 0.25) is 0 Å². The average molecular weight is 193 g/mol. The lowest BCUT2D eigenvalue weighted by Crippen LogP contribution is -2.34. The molecule has 1 heterocycles. The largest absolute Gasteiger partial charge is 0.351 e. The smallest absolute Gasteiger partial charge is 0.225 e. The number of hydrogen-bond donors (Lipinski definition) is 1. The lowest BCUT2D eigenvalue weighted by molar-refractivity contribution is -0.128. The Morgan fingerprint density at radius 3 is 2.43 bits per heavy atom. The van der Waals surface area contributed by atoms with E-state index >= 15 is 0 Å². The van der Waals surface area contributed by atoms with Crippen molar-refractivity contribution in [1.82, 2.24) is 15.3 Å². The predicted molar refractivity (Wildman–Crippen MR) is 53.3 cm³/mol. The predicted octanol–water partition coefficient (Wildman–Crippen LogP) is 1.14. The standard InChI is InChI=1S/C10H15N3O/c1-10(2,3)9(14)13-6-8-4-11-7-12-5-8/h4-5,7H,6H2,1-3H3,(H,13,14). The fraction of sp³-hybridized carbons (Fsp3) is 0.500. The van der Waals surface area contributed by atoms with Crippen molar-refractivity contribution < 1.29 is 4.79 Å². The van der Waals surface area contributed by atoms with Crippen molar-refractivity contribution in [1.29, 1.82) is 0 Å². The summed E-state index contributed by atoms with van der Waals surface area (Å²) in [5.41, 5.74) is 0.556. The average Bonchev–Trinajstić information content (AvgIpc) is 2.14. The topological polar surface area (TPSA) is 54.9 Å². The Hall–Kier alpha value is -1.45. The van der Waals surface area contributed by atoms with E-state index in [0.717, 1.165) is 5.56 Å². The van der Waals surface area contributed by atoms with Crippen LogP contribution in [0.4, 0.5) is 0 Å². The van der Waals surface area contributed by atoms with Crippen LogP contribution >= 0.6 is 0 Å². The van der Waals surface area contributed by atoms with Gasteiger partial charge in [-0.05, 0) is 0 Å². The van der Waals surface area contributed by atoms with Crippen LogP contribution in [0.5, 0.6) is 0 Å². The molecule has 0 aliphatic rings. The van der Waals surface area contributed by atoms with Crippen LogP contribution in [0, 0.1) is 5.41 Å². The molecule has 0 fully saturated rings. The number of rotatable bonds is 2. The maximum Gasteiger partial charge on any atom is 0.225 e. The molecule has 0 unspecified atom stereocenters. The van der Waals surface area contributed by atoms with Gasteiger partial charge in [0.2, 0.25) is 5.91 Å². The maximum absolute atomic E-state index is 11.5. The maximum atomic E-state index is 11.5. The monoisotopic (exact) mass is 193 g/mol. The molecule has 0 spiro atoms. The zero-order valence-corrected chi connectivity index (χ0v) is 8.74. The van der Waals surface area contributed by atoms with Crippen LogP contribution in [0.25, 0.3) is 0 Å².